The SMILES string of the molecule is C[C@H]1CCC(c2ccccc2)S(=O)(=O)N1Cc1cc(F)c(C2(c3c[nH]c(=O)o3)CC(C)(O)C2)cc1F. The molecule has 2 aromatic carbocycles. The molecule has 2 heterocycles. The van der Waals surface area contributed by atoms with E-state index in [9.17, 15) is 18.3 Å². The summed E-state index contributed by atoms with van der Waals surface area (Å²) in [5.74, 6) is -2.14. The molecule has 0 spiro atoms. The van der Waals surface area contributed by atoms with E-state index >= 15 is 8.78 Å². The summed E-state index contributed by atoms with van der Waals surface area (Å²) in [6, 6.07) is 10.6. The molecular weight excluding hydrogens is 490 g/mol. The van der Waals surface area contributed by atoms with Crippen molar-refractivity contribution in [2.45, 2.75) is 68.4 Å². The van der Waals surface area contributed by atoms with Crippen LogP contribution in [0, 0.1) is 11.6 Å². The van der Waals surface area contributed by atoms with Crippen molar-refractivity contribution in [1.29, 1.82) is 0 Å². The highest BCUT2D eigenvalue weighted by molar-refractivity contribution is 7.89. The van der Waals surface area contributed by atoms with E-state index in [4.69, 9.17) is 4.42 Å². The Morgan fingerprint density at radius 1 is 1.14 bits per heavy atom. The van der Waals surface area contributed by atoms with Crippen LogP contribution in [0.15, 0.2) is 57.9 Å². The highest BCUT2D eigenvalue weighted by atomic mass is 32.2. The lowest BCUT2D eigenvalue weighted by atomic mass is 9.55. The molecule has 10 heteroatoms. The van der Waals surface area contributed by atoms with Gasteiger partial charge in [0.25, 0.3) is 0 Å². The van der Waals surface area contributed by atoms with Gasteiger partial charge in [-0.05, 0) is 57.2 Å². The van der Waals surface area contributed by atoms with Crippen LogP contribution in [-0.4, -0.2) is 34.5 Å². The number of rotatable bonds is 5. The van der Waals surface area contributed by atoms with Crippen LogP contribution in [0.5, 0.6) is 0 Å². The largest absolute Gasteiger partial charge is 0.416 e. The van der Waals surface area contributed by atoms with E-state index in [1.807, 2.05) is 6.07 Å². The minimum Gasteiger partial charge on any atom is -0.412 e. The third-order valence-electron chi connectivity index (χ3n) is 7.53. The number of oxazole rings is 1. The maximum Gasteiger partial charge on any atom is 0.416 e. The summed E-state index contributed by atoms with van der Waals surface area (Å²) < 4.78 is 64.4. The number of hydrogen-bond donors (Lipinski definition) is 2. The zero-order valence-electron chi connectivity index (χ0n) is 20.0. The molecule has 1 saturated heterocycles. The lowest BCUT2D eigenvalue weighted by molar-refractivity contribution is -0.0687. The summed E-state index contributed by atoms with van der Waals surface area (Å²) >= 11 is 0. The molecule has 0 radical (unpaired) electrons. The van der Waals surface area contributed by atoms with Crippen LogP contribution in [0.2, 0.25) is 0 Å². The van der Waals surface area contributed by atoms with E-state index in [1.54, 1.807) is 38.1 Å². The van der Waals surface area contributed by atoms with Crippen LogP contribution in [0.1, 0.15) is 67.2 Å². The predicted octanol–water partition coefficient (Wildman–Crippen LogP) is 4.13. The van der Waals surface area contributed by atoms with Gasteiger partial charge in [0.1, 0.15) is 22.6 Å². The second kappa shape index (κ2) is 8.64. The summed E-state index contributed by atoms with van der Waals surface area (Å²) in [4.78, 5) is 14.0. The van der Waals surface area contributed by atoms with E-state index in [0.29, 0.717) is 18.4 Å². The van der Waals surface area contributed by atoms with Gasteiger partial charge in [-0.1, -0.05) is 30.3 Å². The molecule has 2 N–H and O–H groups in total. The molecule has 36 heavy (non-hydrogen) atoms. The van der Waals surface area contributed by atoms with Crippen molar-refractivity contribution in [3.05, 3.63) is 93.3 Å². The zero-order valence-corrected chi connectivity index (χ0v) is 20.8. The minimum atomic E-state index is -3.82. The minimum absolute atomic E-state index is 0.0345. The van der Waals surface area contributed by atoms with Crippen LogP contribution in [0.3, 0.4) is 0 Å². The normalized spacial score (nSPS) is 30.1. The first-order chi connectivity index (χ1) is 16.9. The number of hydrogen-bond acceptors (Lipinski definition) is 5. The smallest absolute Gasteiger partial charge is 0.412 e. The van der Waals surface area contributed by atoms with Gasteiger partial charge in [0.05, 0.1) is 11.0 Å². The molecule has 1 saturated carbocycles. The van der Waals surface area contributed by atoms with E-state index in [0.717, 1.165) is 12.1 Å². The first-order valence-corrected chi connectivity index (χ1v) is 13.4. The second-order valence-corrected chi connectivity index (χ2v) is 12.4. The number of aromatic nitrogens is 1. The number of sulfonamides is 1. The van der Waals surface area contributed by atoms with Gasteiger partial charge < -0.3 is 9.52 Å². The number of aromatic amines is 1. The van der Waals surface area contributed by atoms with Crippen molar-refractivity contribution in [3.8, 4) is 0 Å². The van der Waals surface area contributed by atoms with Gasteiger partial charge in [0.2, 0.25) is 10.0 Å². The van der Waals surface area contributed by atoms with Gasteiger partial charge in [-0.2, -0.15) is 4.31 Å². The summed E-state index contributed by atoms with van der Waals surface area (Å²) in [6.45, 7) is 3.03. The Balaban J connectivity index is 1.49. The van der Waals surface area contributed by atoms with Crippen LogP contribution < -0.4 is 5.76 Å². The fourth-order valence-corrected chi connectivity index (χ4v) is 8.05. The summed E-state index contributed by atoms with van der Waals surface area (Å²) in [7, 11) is -3.82. The molecule has 1 aliphatic heterocycles. The van der Waals surface area contributed by atoms with Crippen LogP contribution in [0.4, 0.5) is 8.78 Å². The molecular formula is C26H28F2N2O5S. The van der Waals surface area contributed by atoms with Crippen molar-refractivity contribution < 1.29 is 26.7 Å². The standard InChI is InChI=1S/C26H28F2N2O5S/c1-16-8-9-22(17-6-4-3-5-7-17)36(33,34)30(16)13-18-10-21(28)19(11-20(18)27)26(14-25(2,32)15-26)23-12-29-24(31)35-23/h3-7,10-12,16,22,32H,8-9,13-15H2,1-2H3,(H,29,31)/t16-,22?,25?,26?/m0/s1. The van der Waals surface area contributed by atoms with Gasteiger partial charge >= 0.3 is 5.76 Å². The lowest BCUT2D eigenvalue weighted by Gasteiger charge is -2.50. The van der Waals surface area contributed by atoms with Crippen molar-refractivity contribution in [2.24, 2.45) is 0 Å². The third-order valence-corrected chi connectivity index (χ3v) is 9.90. The molecule has 5 rings (SSSR count). The maximum absolute atomic E-state index is 15.5. The number of H-pyrrole nitrogens is 1. The van der Waals surface area contributed by atoms with Gasteiger partial charge in [0.15, 0.2) is 0 Å². The number of nitrogens with one attached hydrogen (secondary N) is 1. The molecule has 1 aliphatic carbocycles. The Labute approximate surface area is 207 Å². The Hall–Kier alpha value is -2.82. The summed E-state index contributed by atoms with van der Waals surface area (Å²) in [5.41, 5.74) is -1.81. The van der Waals surface area contributed by atoms with Crippen molar-refractivity contribution >= 4 is 10.0 Å². The highest BCUT2D eigenvalue weighted by Crippen LogP contribution is 2.55. The average molecular weight is 519 g/mol. The van der Waals surface area contributed by atoms with Crippen molar-refractivity contribution in [3.63, 3.8) is 0 Å². The van der Waals surface area contributed by atoms with Gasteiger partial charge in [-0.15, -0.1) is 0 Å². The third kappa shape index (κ3) is 4.10. The second-order valence-electron chi connectivity index (χ2n) is 10.3. The van der Waals surface area contributed by atoms with E-state index < -0.39 is 43.7 Å². The van der Waals surface area contributed by atoms with Crippen molar-refractivity contribution in [1.82, 2.24) is 9.29 Å². The Bertz CT molecular complexity index is 1440. The summed E-state index contributed by atoms with van der Waals surface area (Å²) in [6.07, 6.45) is 2.41. The molecule has 7 nitrogen and oxygen atoms in total. The van der Waals surface area contributed by atoms with Crippen molar-refractivity contribution in [2.75, 3.05) is 0 Å². The van der Waals surface area contributed by atoms with Gasteiger partial charge in [-0.3, -0.25) is 4.98 Å². The summed E-state index contributed by atoms with van der Waals surface area (Å²) in [5, 5.41) is 9.64. The van der Waals surface area contributed by atoms with E-state index in [-0.39, 0.29) is 42.3 Å². The first kappa shape index (κ1) is 24.9. The van der Waals surface area contributed by atoms with Gasteiger partial charge in [0, 0.05) is 29.9 Å². The zero-order chi connectivity index (χ0) is 25.9. The molecule has 1 aromatic heterocycles. The number of benzene rings is 2. The molecule has 2 fully saturated rings. The topological polar surface area (TPSA) is 104 Å². The molecule has 1 unspecified atom stereocenters. The quantitative estimate of drug-likeness (QED) is 0.529. The van der Waals surface area contributed by atoms with E-state index in [1.165, 1.54) is 10.5 Å². The van der Waals surface area contributed by atoms with Crippen LogP contribution in [0.25, 0.3) is 0 Å². The average Bonchev–Trinajstić information content (AvgIpc) is 3.23. The van der Waals surface area contributed by atoms with Crippen LogP contribution >= 0.6 is 0 Å². The van der Waals surface area contributed by atoms with Gasteiger partial charge in [-0.25, -0.2) is 22.0 Å². The Morgan fingerprint density at radius 3 is 2.44 bits per heavy atom. The molecule has 0 bridgehead atoms. The molecule has 2 aliphatic rings. The fourth-order valence-electron chi connectivity index (χ4n) is 5.86. The molecule has 3 aromatic rings. The maximum atomic E-state index is 15.5. The highest BCUT2D eigenvalue weighted by Gasteiger charge is 2.56. The molecule has 0 amide bonds. The monoisotopic (exact) mass is 518 g/mol. The first-order valence-electron chi connectivity index (χ1n) is 11.9. The number of nitrogens with zero attached hydrogens (tertiary/aromatic N) is 1. The Kier molecular flexibility index (Phi) is 5.96. The Morgan fingerprint density at radius 2 is 1.83 bits per heavy atom. The van der Waals surface area contributed by atoms with E-state index in [2.05, 4.69) is 4.98 Å². The fraction of sp³-hybridized carbons (Fsp3) is 0.423. The lowest BCUT2D eigenvalue weighted by Crippen LogP contribution is -2.53. The molecule has 192 valence electrons. The molecule has 2 atom stereocenters. The number of aliphatic hydroxyl groups is 1. The number of halogens is 2. The van der Waals surface area contributed by atoms with Crippen LogP contribution in [-0.2, 0) is 22.0 Å². The predicted molar refractivity (Wildman–Crippen MR) is 129 cm³/mol.